The average Bonchev–Trinajstić information content (AvgIpc) is 2.46. The summed E-state index contributed by atoms with van der Waals surface area (Å²) in [4.78, 5) is 9.37. The zero-order valence-electron chi connectivity index (χ0n) is 11.9. The van der Waals surface area contributed by atoms with Crippen molar-refractivity contribution in [1.82, 2.24) is 9.97 Å². The number of rotatable bonds is 2. The molecule has 3 nitrogen and oxygen atoms in total. The SMILES string of the molecule is CNc1nc(-c2cccc(C)c2)nc2cccc(C)c12. The van der Waals surface area contributed by atoms with Crippen molar-refractivity contribution >= 4 is 16.7 Å². The van der Waals surface area contributed by atoms with Gasteiger partial charge in [0, 0.05) is 18.0 Å². The molecule has 2 aromatic carbocycles. The molecule has 0 aliphatic heterocycles. The van der Waals surface area contributed by atoms with Crippen LogP contribution < -0.4 is 5.32 Å². The fourth-order valence-electron chi connectivity index (χ4n) is 2.45. The second kappa shape index (κ2) is 4.93. The van der Waals surface area contributed by atoms with Crippen LogP contribution in [0.3, 0.4) is 0 Å². The predicted octanol–water partition coefficient (Wildman–Crippen LogP) is 3.96. The summed E-state index contributed by atoms with van der Waals surface area (Å²) in [6.07, 6.45) is 0. The third-order valence-corrected chi connectivity index (χ3v) is 3.44. The first-order valence-corrected chi connectivity index (χ1v) is 6.71. The van der Waals surface area contributed by atoms with Crippen LogP contribution in [0, 0.1) is 13.8 Å². The molecule has 0 aliphatic carbocycles. The average molecular weight is 263 g/mol. The first-order valence-electron chi connectivity index (χ1n) is 6.71. The van der Waals surface area contributed by atoms with Crippen LogP contribution in [0.4, 0.5) is 5.82 Å². The summed E-state index contributed by atoms with van der Waals surface area (Å²) < 4.78 is 0. The van der Waals surface area contributed by atoms with Crippen LogP contribution in [0.2, 0.25) is 0 Å². The van der Waals surface area contributed by atoms with Crippen molar-refractivity contribution in [1.29, 1.82) is 0 Å². The van der Waals surface area contributed by atoms with Crippen LogP contribution in [0.1, 0.15) is 11.1 Å². The molecular weight excluding hydrogens is 246 g/mol. The fourth-order valence-corrected chi connectivity index (χ4v) is 2.45. The maximum Gasteiger partial charge on any atom is 0.162 e. The van der Waals surface area contributed by atoms with Gasteiger partial charge in [-0.05, 0) is 31.5 Å². The van der Waals surface area contributed by atoms with E-state index in [2.05, 4.69) is 42.3 Å². The molecule has 3 heteroatoms. The van der Waals surface area contributed by atoms with E-state index in [-0.39, 0.29) is 0 Å². The summed E-state index contributed by atoms with van der Waals surface area (Å²) >= 11 is 0. The lowest BCUT2D eigenvalue weighted by Crippen LogP contribution is -2.00. The molecule has 1 N–H and O–H groups in total. The molecule has 20 heavy (non-hydrogen) atoms. The molecule has 0 amide bonds. The van der Waals surface area contributed by atoms with Gasteiger partial charge in [-0.2, -0.15) is 0 Å². The number of aromatic nitrogens is 2. The van der Waals surface area contributed by atoms with E-state index in [1.807, 2.05) is 31.3 Å². The summed E-state index contributed by atoms with van der Waals surface area (Å²) in [5, 5.41) is 4.27. The van der Waals surface area contributed by atoms with Gasteiger partial charge in [0.15, 0.2) is 5.82 Å². The normalized spacial score (nSPS) is 10.8. The van der Waals surface area contributed by atoms with Gasteiger partial charge in [-0.15, -0.1) is 0 Å². The highest BCUT2D eigenvalue weighted by Crippen LogP contribution is 2.27. The molecule has 0 saturated heterocycles. The topological polar surface area (TPSA) is 37.8 Å². The van der Waals surface area contributed by atoms with Crippen LogP contribution in [-0.4, -0.2) is 17.0 Å². The zero-order chi connectivity index (χ0) is 14.1. The second-order valence-electron chi connectivity index (χ2n) is 4.98. The Labute approximate surface area is 118 Å². The summed E-state index contributed by atoms with van der Waals surface area (Å²) in [5.41, 5.74) is 4.41. The minimum absolute atomic E-state index is 0.760. The van der Waals surface area contributed by atoms with Crippen molar-refractivity contribution in [3.8, 4) is 11.4 Å². The highest BCUT2D eigenvalue weighted by Gasteiger charge is 2.10. The van der Waals surface area contributed by atoms with Crippen LogP contribution in [0.5, 0.6) is 0 Å². The van der Waals surface area contributed by atoms with E-state index in [0.29, 0.717) is 0 Å². The van der Waals surface area contributed by atoms with E-state index in [4.69, 9.17) is 4.98 Å². The van der Waals surface area contributed by atoms with Crippen molar-refractivity contribution < 1.29 is 0 Å². The van der Waals surface area contributed by atoms with Crippen LogP contribution in [-0.2, 0) is 0 Å². The van der Waals surface area contributed by atoms with Crippen molar-refractivity contribution in [2.75, 3.05) is 12.4 Å². The monoisotopic (exact) mass is 263 g/mol. The van der Waals surface area contributed by atoms with E-state index >= 15 is 0 Å². The molecule has 0 atom stereocenters. The lowest BCUT2D eigenvalue weighted by atomic mass is 10.1. The molecule has 1 heterocycles. The Morgan fingerprint density at radius 1 is 0.950 bits per heavy atom. The zero-order valence-corrected chi connectivity index (χ0v) is 11.9. The molecule has 0 radical (unpaired) electrons. The summed E-state index contributed by atoms with van der Waals surface area (Å²) in [5.74, 6) is 1.64. The Morgan fingerprint density at radius 2 is 1.75 bits per heavy atom. The molecule has 0 fully saturated rings. The van der Waals surface area contributed by atoms with Crippen molar-refractivity contribution in [2.24, 2.45) is 0 Å². The molecule has 0 saturated carbocycles. The molecule has 0 unspecified atom stereocenters. The number of benzene rings is 2. The van der Waals surface area contributed by atoms with Gasteiger partial charge in [0.2, 0.25) is 0 Å². The largest absolute Gasteiger partial charge is 0.373 e. The van der Waals surface area contributed by atoms with Crippen molar-refractivity contribution in [3.05, 3.63) is 53.6 Å². The van der Waals surface area contributed by atoms with Gasteiger partial charge in [0.25, 0.3) is 0 Å². The third kappa shape index (κ3) is 2.11. The number of aryl methyl sites for hydroxylation is 2. The fraction of sp³-hybridized carbons (Fsp3) is 0.176. The molecule has 0 spiro atoms. The first kappa shape index (κ1) is 12.6. The van der Waals surface area contributed by atoms with Crippen LogP contribution in [0.15, 0.2) is 42.5 Å². The minimum atomic E-state index is 0.760. The number of hydrogen-bond acceptors (Lipinski definition) is 3. The van der Waals surface area contributed by atoms with E-state index in [9.17, 15) is 0 Å². The predicted molar refractivity (Wildman–Crippen MR) is 84.0 cm³/mol. The van der Waals surface area contributed by atoms with E-state index in [1.54, 1.807) is 0 Å². The lowest BCUT2D eigenvalue weighted by molar-refractivity contribution is 1.20. The highest BCUT2D eigenvalue weighted by atomic mass is 15.0. The molecule has 0 bridgehead atoms. The van der Waals surface area contributed by atoms with Crippen molar-refractivity contribution in [3.63, 3.8) is 0 Å². The number of nitrogens with one attached hydrogen (secondary N) is 1. The van der Waals surface area contributed by atoms with Gasteiger partial charge in [0.05, 0.1) is 5.52 Å². The maximum absolute atomic E-state index is 4.70. The molecular formula is C17H17N3. The number of anilines is 1. The Balaban J connectivity index is 2.28. The third-order valence-electron chi connectivity index (χ3n) is 3.44. The van der Waals surface area contributed by atoms with Gasteiger partial charge in [-0.25, -0.2) is 9.97 Å². The van der Waals surface area contributed by atoms with Gasteiger partial charge >= 0.3 is 0 Å². The Bertz CT molecular complexity index is 778. The molecule has 0 aliphatic rings. The van der Waals surface area contributed by atoms with E-state index in [1.165, 1.54) is 11.1 Å². The molecule has 3 aromatic rings. The smallest absolute Gasteiger partial charge is 0.162 e. The van der Waals surface area contributed by atoms with Gasteiger partial charge in [-0.1, -0.05) is 35.9 Å². The van der Waals surface area contributed by atoms with Crippen molar-refractivity contribution in [2.45, 2.75) is 13.8 Å². The first-order chi connectivity index (χ1) is 9.69. The Hall–Kier alpha value is -2.42. The summed E-state index contributed by atoms with van der Waals surface area (Å²) in [6, 6.07) is 14.4. The molecule has 1 aromatic heterocycles. The summed E-state index contributed by atoms with van der Waals surface area (Å²) in [6.45, 7) is 4.16. The highest BCUT2D eigenvalue weighted by molar-refractivity contribution is 5.93. The number of hydrogen-bond donors (Lipinski definition) is 1. The quantitative estimate of drug-likeness (QED) is 0.760. The van der Waals surface area contributed by atoms with Crippen LogP contribution >= 0.6 is 0 Å². The standard InChI is InChI=1S/C17H17N3/c1-11-6-4-8-13(10-11)16-19-14-9-5-7-12(2)15(14)17(18-3)20-16/h4-10H,1-3H3,(H,18,19,20). The number of fused-ring (bicyclic) bond motifs is 1. The Kier molecular flexibility index (Phi) is 3.11. The number of nitrogens with zero attached hydrogens (tertiary/aromatic N) is 2. The summed E-state index contributed by atoms with van der Waals surface area (Å²) in [7, 11) is 1.90. The maximum atomic E-state index is 4.70. The Morgan fingerprint density at radius 3 is 2.50 bits per heavy atom. The van der Waals surface area contributed by atoms with Gasteiger partial charge in [-0.3, -0.25) is 0 Å². The van der Waals surface area contributed by atoms with E-state index in [0.717, 1.165) is 28.1 Å². The van der Waals surface area contributed by atoms with Gasteiger partial charge in [0.1, 0.15) is 5.82 Å². The minimum Gasteiger partial charge on any atom is -0.373 e. The second-order valence-corrected chi connectivity index (χ2v) is 4.98. The van der Waals surface area contributed by atoms with Crippen LogP contribution in [0.25, 0.3) is 22.3 Å². The molecule has 3 rings (SSSR count). The van der Waals surface area contributed by atoms with E-state index < -0.39 is 0 Å². The van der Waals surface area contributed by atoms with Gasteiger partial charge < -0.3 is 5.32 Å². The molecule has 100 valence electrons. The lowest BCUT2D eigenvalue weighted by Gasteiger charge is -2.10.